The first-order valence-corrected chi connectivity index (χ1v) is 3.55. The molecule has 2 N–H and O–H groups in total. The van der Waals surface area contributed by atoms with Crippen LogP contribution in [0.2, 0.25) is 0 Å². The van der Waals surface area contributed by atoms with E-state index in [-0.39, 0.29) is 12.2 Å². The van der Waals surface area contributed by atoms with Crippen molar-refractivity contribution in [1.82, 2.24) is 5.32 Å². The van der Waals surface area contributed by atoms with Crippen molar-refractivity contribution in [2.45, 2.75) is 25.3 Å². The SMILES string of the molecule is CC1(C(=O)O)CC(=O)CCN1. The summed E-state index contributed by atoms with van der Waals surface area (Å²) in [6, 6.07) is 0. The summed E-state index contributed by atoms with van der Waals surface area (Å²) < 4.78 is 0. The van der Waals surface area contributed by atoms with Crippen molar-refractivity contribution >= 4 is 11.8 Å². The van der Waals surface area contributed by atoms with Gasteiger partial charge in [0, 0.05) is 19.4 Å². The maximum absolute atomic E-state index is 10.9. The fourth-order valence-electron chi connectivity index (χ4n) is 1.17. The zero-order chi connectivity index (χ0) is 8.48. The van der Waals surface area contributed by atoms with E-state index >= 15 is 0 Å². The first-order valence-electron chi connectivity index (χ1n) is 3.55. The number of carbonyl (C=O) groups excluding carboxylic acids is 1. The van der Waals surface area contributed by atoms with Crippen LogP contribution in [-0.2, 0) is 9.59 Å². The van der Waals surface area contributed by atoms with E-state index in [1.807, 2.05) is 0 Å². The van der Waals surface area contributed by atoms with Gasteiger partial charge in [-0.1, -0.05) is 0 Å². The Labute approximate surface area is 64.6 Å². The average molecular weight is 157 g/mol. The van der Waals surface area contributed by atoms with Crippen LogP contribution in [0.1, 0.15) is 19.8 Å². The van der Waals surface area contributed by atoms with Crippen LogP contribution in [0.15, 0.2) is 0 Å². The van der Waals surface area contributed by atoms with Crippen LogP contribution >= 0.6 is 0 Å². The zero-order valence-corrected chi connectivity index (χ0v) is 6.39. The molecule has 0 radical (unpaired) electrons. The van der Waals surface area contributed by atoms with E-state index in [1.54, 1.807) is 0 Å². The number of nitrogens with one attached hydrogen (secondary N) is 1. The van der Waals surface area contributed by atoms with Gasteiger partial charge >= 0.3 is 5.97 Å². The topological polar surface area (TPSA) is 66.4 Å². The van der Waals surface area contributed by atoms with Gasteiger partial charge in [-0.25, -0.2) is 0 Å². The summed E-state index contributed by atoms with van der Waals surface area (Å²) in [7, 11) is 0. The molecule has 1 aliphatic rings. The summed E-state index contributed by atoms with van der Waals surface area (Å²) >= 11 is 0. The number of Topliss-reactive ketones (excluding diaryl/α,β-unsaturated/α-hetero) is 1. The van der Waals surface area contributed by atoms with Crippen LogP contribution in [-0.4, -0.2) is 28.9 Å². The maximum atomic E-state index is 10.9. The number of rotatable bonds is 1. The van der Waals surface area contributed by atoms with Crippen molar-refractivity contribution in [2.75, 3.05) is 6.54 Å². The molecule has 0 amide bonds. The Bertz CT molecular complexity index is 202. The predicted molar refractivity (Wildman–Crippen MR) is 38.3 cm³/mol. The third-order valence-corrected chi connectivity index (χ3v) is 1.94. The van der Waals surface area contributed by atoms with Crippen LogP contribution in [0, 0.1) is 0 Å². The monoisotopic (exact) mass is 157 g/mol. The van der Waals surface area contributed by atoms with Crippen molar-refractivity contribution in [3.05, 3.63) is 0 Å². The van der Waals surface area contributed by atoms with Gasteiger partial charge in [-0.15, -0.1) is 0 Å². The molecule has 0 bridgehead atoms. The molecular formula is C7H11NO3. The lowest BCUT2D eigenvalue weighted by atomic mass is 9.90. The normalized spacial score (nSPS) is 31.9. The molecule has 11 heavy (non-hydrogen) atoms. The van der Waals surface area contributed by atoms with Gasteiger partial charge in [-0.05, 0) is 6.92 Å². The fraction of sp³-hybridized carbons (Fsp3) is 0.714. The number of carboxylic acid groups (broad SMARTS) is 1. The molecule has 1 heterocycles. The second-order valence-electron chi connectivity index (χ2n) is 3.03. The Kier molecular flexibility index (Phi) is 1.95. The highest BCUT2D eigenvalue weighted by atomic mass is 16.4. The highest BCUT2D eigenvalue weighted by molar-refractivity contribution is 5.89. The summed E-state index contributed by atoms with van der Waals surface area (Å²) in [6.07, 6.45) is 0.547. The summed E-state index contributed by atoms with van der Waals surface area (Å²) in [5.74, 6) is -0.931. The third kappa shape index (κ3) is 1.57. The molecule has 4 heteroatoms. The largest absolute Gasteiger partial charge is 0.480 e. The van der Waals surface area contributed by atoms with Gasteiger partial charge in [0.05, 0.1) is 0 Å². The molecule has 1 rings (SSSR count). The van der Waals surface area contributed by atoms with Crippen LogP contribution in [0.25, 0.3) is 0 Å². The number of ketones is 1. The first kappa shape index (κ1) is 8.20. The van der Waals surface area contributed by atoms with Gasteiger partial charge in [-0.2, -0.15) is 0 Å². The van der Waals surface area contributed by atoms with E-state index in [9.17, 15) is 9.59 Å². The summed E-state index contributed by atoms with van der Waals surface area (Å²) in [5, 5.41) is 11.5. The van der Waals surface area contributed by atoms with Crippen molar-refractivity contribution in [2.24, 2.45) is 0 Å². The molecule has 1 unspecified atom stereocenters. The van der Waals surface area contributed by atoms with E-state index in [2.05, 4.69) is 5.32 Å². The van der Waals surface area contributed by atoms with Crippen LogP contribution in [0.4, 0.5) is 0 Å². The number of piperidine rings is 1. The summed E-state index contributed by atoms with van der Waals surface area (Å²) in [5.41, 5.74) is -1.03. The van der Waals surface area contributed by atoms with Crippen molar-refractivity contribution < 1.29 is 14.7 Å². The van der Waals surface area contributed by atoms with Gasteiger partial charge < -0.3 is 10.4 Å². The van der Waals surface area contributed by atoms with Gasteiger partial charge in [0.1, 0.15) is 11.3 Å². The zero-order valence-electron chi connectivity index (χ0n) is 6.39. The van der Waals surface area contributed by atoms with Gasteiger partial charge in [0.25, 0.3) is 0 Å². The van der Waals surface area contributed by atoms with Crippen LogP contribution in [0.3, 0.4) is 0 Å². The van der Waals surface area contributed by atoms with E-state index in [1.165, 1.54) is 6.92 Å². The molecule has 4 nitrogen and oxygen atoms in total. The Morgan fingerprint density at radius 3 is 2.73 bits per heavy atom. The summed E-state index contributed by atoms with van der Waals surface area (Å²) in [4.78, 5) is 21.5. The van der Waals surface area contributed by atoms with Gasteiger partial charge in [0.2, 0.25) is 0 Å². The number of carboxylic acids is 1. The van der Waals surface area contributed by atoms with Crippen LogP contribution in [0.5, 0.6) is 0 Å². The lowest BCUT2D eigenvalue weighted by Crippen LogP contribution is -2.54. The molecule has 62 valence electrons. The minimum absolute atomic E-state index is 0.0219. The lowest BCUT2D eigenvalue weighted by molar-refractivity contribution is -0.147. The van der Waals surface area contributed by atoms with Gasteiger partial charge in [0.15, 0.2) is 0 Å². The van der Waals surface area contributed by atoms with E-state index in [0.29, 0.717) is 13.0 Å². The first-order chi connectivity index (χ1) is 5.04. The predicted octanol–water partition coefficient (Wildman–Crippen LogP) is -0.218. The van der Waals surface area contributed by atoms with Crippen molar-refractivity contribution in [1.29, 1.82) is 0 Å². The molecular weight excluding hydrogens is 146 g/mol. The van der Waals surface area contributed by atoms with E-state index in [0.717, 1.165) is 0 Å². The second kappa shape index (κ2) is 2.62. The Morgan fingerprint density at radius 2 is 2.36 bits per heavy atom. The van der Waals surface area contributed by atoms with Crippen LogP contribution < -0.4 is 5.32 Å². The molecule has 0 aromatic carbocycles. The fourth-order valence-corrected chi connectivity index (χ4v) is 1.17. The standard InChI is InChI=1S/C7H11NO3/c1-7(6(10)11)4-5(9)2-3-8-7/h8H,2-4H2,1H3,(H,10,11). The Balaban J connectivity index is 2.70. The summed E-state index contributed by atoms with van der Waals surface area (Å²) in [6.45, 7) is 2.01. The van der Waals surface area contributed by atoms with Crippen molar-refractivity contribution in [3.8, 4) is 0 Å². The lowest BCUT2D eigenvalue weighted by Gasteiger charge is -2.29. The van der Waals surface area contributed by atoms with Gasteiger partial charge in [-0.3, -0.25) is 9.59 Å². The maximum Gasteiger partial charge on any atom is 0.324 e. The van der Waals surface area contributed by atoms with E-state index in [4.69, 9.17) is 5.11 Å². The number of aliphatic carboxylic acids is 1. The Morgan fingerprint density at radius 1 is 1.73 bits per heavy atom. The average Bonchev–Trinajstić information content (AvgIpc) is 1.86. The number of carbonyl (C=O) groups is 2. The molecule has 1 fully saturated rings. The van der Waals surface area contributed by atoms with Crippen molar-refractivity contribution in [3.63, 3.8) is 0 Å². The number of hydrogen-bond donors (Lipinski definition) is 2. The third-order valence-electron chi connectivity index (χ3n) is 1.94. The number of hydrogen-bond acceptors (Lipinski definition) is 3. The molecule has 1 atom stereocenters. The second-order valence-corrected chi connectivity index (χ2v) is 3.03. The molecule has 0 aliphatic carbocycles. The molecule has 1 aliphatic heterocycles. The highest BCUT2D eigenvalue weighted by Gasteiger charge is 2.37. The molecule has 0 aromatic heterocycles. The minimum atomic E-state index is -1.03. The smallest absolute Gasteiger partial charge is 0.324 e. The molecule has 1 saturated heterocycles. The quantitative estimate of drug-likeness (QED) is 0.552. The minimum Gasteiger partial charge on any atom is -0.480 e. The highest BCUT2D eigenvalue weighted by Crippen LogP contribution is 2.15. The molecule has 0 spiro atoms. The van der Waals surface area contributed by atoms with E-state index < -0.39 is 11.5 Å². The molecule has 0 saturated carbocycles. The Hall–Kier alpha value is -0.900. The molecule has 0 aromatic rings.